The highest BCUT2D eigenvalue weighted by molar-refractivity contribution is 5.78. The number of nitrogens with zero attached hydrogens (tertiary/aromatic N) is 2. The maximum Gasteiger partial charge on any atom is 0.238 e. The molecule has 0 aliphatic carbocycles. The molecule has 1 heterocycles. The summed E-state index contributed by atoms with van der Waals surface area (Å²) < 4.78 is 10.6. The van der Waals surface area contributed by atoms with E-state index in [-0.39, 0.29) is 5.91 Å². The first kappa shape index (κ1) is 16.6. The molecule has 1 aliphatic rings. The highest BCUT2D eigenvalue weighted by Gasteiger charge is 2.17. The number of methoxy groups -OCH3 is 2. The minimum Gasteiger partial charge on any atom is -0.493 e. The van der Waals surface area contributed by atoms with E-state index in [2.05, 4.69) is 17.4 Å². The summed E-state index contributed by atoms with van der Waals surface area (Å²) in [6.45, 7) is 5.62. The lowest BCUT2D eigenvalue weighted by Gasteiger charge is -2.32. The second kappa shape index (κ2) is 7.47. The lowest BCUT2D eigenvalue weighted by molar-refractivity contribution is -0.126. The van der Waals surface area contributed by atoms with E-state index in [1.54, 1.807) is 14.2 Å². The molecule has 0 radical (unpaired) electrons. The third-order valence-electron chi connectivity index (χ3n) is 3.98. The van der Waals surface area contributed by atoms with Gasteiger partial charge in [-0.2, -0.15) is 0 Å². The van der Waals surface area contributed by atoms with Crippen LogP contribution in [0.1, 0.15) is 11.1 Å². The van der Waals surface area contributed by atoms with Gasteiger partial charge in [0.05, 0.1) is 20.6 Å². The van der Waals surface area contributed by atoms with E-state index in [4.69, 9.17) is 9.47 Å². The van der Waals surface area contributed by atoms with Gasteiger partial charge in [-0.25, -0.2) is 5.01 Å². The molecule has 0 unspecified atom stereocenters. The Morgan fingerprint density at radius 1 is 1.14 bits per heavy atom. The summed E-state index contributed by atoms with van der Waals surface area (Å²) in [4.78, 5) is 14.5. The van der Waals surface area contributed by atoms with Crippen molar-refractivity contribution >= 4 is 5.91 Å². The maximum atomic E-state index is 12.2. The maximum absolute atomic E-state index is 12.2. The van der Waals surface area contributed by atoms with Crippen molar-refractivity contribution < 1.29 is 14.3 Å². The first-order valence-corrected chi connectivity index (χ1v) is 7.48. The minimum absolute atomic E-state index is 0.000118. The van der Waals surface area contributed by atoms with E-state index in [1.165, 1.54) is 0 Å². The van der Waals surface area contributed by atoms with Crippen LogP contribution in [-0.4, -0.2) is 63.3 Å². The van der Waals surface area contributed by atoms with Crippen molar-refractivity contribution in [1.29, 1.82) is 0 Å². The van der Waals surface area contributed by atoms with Crippen LogP contribution in [0, 0.1) is 6.92 Å². The number of amides is 1. The van der Waals surface area contributed by atoms with E-state index < -0.39 is 0 Å². The van der Waals surface area contributed by atoms with E-state index in [9.17, 15) is 4.79 Å². The Morgan fingerprint density at radius 3 is 2.32 bits per heavy atom. The molecule has 1 aromatic carbocycles. The van der Waals surface area contributed by atoms with Gasteiger partial charge in [0, 0.05) is 26.2 Å². The van der Waals surface area contributed by atoms with Gasteiger partial charge in [-0.1, -0.05) is 0 Å². The lowest BCUT2D eigenvalue weighted by atomic mass is 10.0. The Labute approximate surface area is 132 Å². The molecule has 1 saturated heterocycles. The van der Waals surface area contributed by atoms with Gasteiger partial charge in [-0.05, 0) is 37.2 Å². The fraction of sp³-hybridized carbons (Fsp3) is 0.562. The summed E-state index contributed by atoms with van der Waals surface area (Å²) in [5.74, 6) is 1.33. The van der Waals surface area contributed by atoms with E-state index in [1.807, 2.05) is 24.1 Å². The number of nitrogens with one attached hydrogen (secondary N) is 1. The number of ether oxygens (including phenoxy) is 2. The quantitative estimate of drug-likeness (QED) is 0.873. The molecular formula is C16H25N3O3. The van der Waals surface area contributed by atoms with Crippen molar-refractivity contribution in [2.24, 2.45) is 0 Å². The fourth-order valence-electron chi connectivity index (χ4n) is 2.52. The fourth-order valence-corrected chi connectivity index (χ4v) is 2.52. The second-order valence-corrected chi connectivity index (χ2v) is 5.64. The number of aryl methyl sites for hydroxylation is 1. The van der Waals surface area contributed by atoms with Gasteiger partial charge in [0.15, 0.2) is 11.5 Å². The SMILES string of the molecule is COc1cc(C)c(CC(=O)NN2CCN(C)CC2)cc1OC. The first-order chi connectivity index (χ1) is 10.5. The Kier molecular flexibility index (Phi) is 5.63. The Morgan fingerprint density at radius 2 is 1.73 bits per heavy atom. The van der Waals surface area contributed by atoms with Crippen LogP contribution in [0.2, 0.25) is 0 Å². The summed E-state index contributed by atoms with van der Waals surface area (Å²) >= 11 is 0. The number of hydrazine groups is 1. The average Bonchev–Trinajstić information content (AvgIpc) is 2.51. The Hall–Kier alpha value is -1.79. The van der Waals surface area contributed by atoms with Crippen LogP contribution >= 0.6 is 0 Å². The second-order valence-electron chi connectivity index (χ2n) is 5.64. The van der Waals surface area contributed by atoms with Gasteiger partial charge >= 0.3 is 0 Å². The third kappa shape index (κ3) is 4.11. The molecule has 6 heteroatoms. The first-order valence-electron chi connectivity index (χ1n) is 7.48. The zero-order valence-corrected chi connectivity index (χ0v) is 13.8. The molecular weight excluding hydrogens is 282 g/mol. The molecule has 2 rings (SSSR count). The normalized spacial score (nSPS) is 16.4. The van der Waals surface area contributed by atoms with E-state index >= 15 is 0 Å². The van der Waals surface area contributed by atoms with Gasteiger partial charge in [-0.15, -0.1) is 0 Å². The predicted molar refractivity (Wildman–Crippen MR) is 85.2 cm³/mol. The number of hydrogen-bond acceptors (Lipinski definition) is 5. The number of rotatable bonds is 5. The molecule has 0 saturated carbocycles. The number of likely N-dealkylation sites (N-methyl/N-ethyl adjacent to an activating group) is 1. The zero-order chi connectivity index (χ0) is 16.1. The summed E-state index contributed by atoms with van der Waals surface area (Å²) in [6, 6.07) is 3.77. The van der Waals surface area contributed by atoms with Crippen LogP contribution in [0.4, 0.5) is 0 Å². The summed E-state index contributed by atoms with van der Waals surface area (Å²) in [5.41, 5.74) is 4.94. The van der Waals surface area contributed by atoms with Crippen molar-refractivity contribution in [3.05, 3.63) is 23.3 Å². The number of piperazine rings is 1. The molecule has 1 aromatic rings. The van der Waals surface area contributed by atoms with Gasteiger partial charge in [0.25, 0.3) is 0 Å². The van der Waals surface area contributed by atoms with Crippen molar-refractivity contribution in [2.45, 2.75) is 13.3 Å². The molecule has 0 aromatic heterocycles. The van der Waals surface area contributed by atoms with E-state index in [0.717, 1.165) is 37.3 Å². The van der Waals surface area contributed by atoms with E-state index in [0.29, 0.717) is 17.9 Å². The summed E-state index contributed by atoms with van der Waals surface area (Å²) in [5, 5.41) is 1.98. The van der Waals surface area contributed by atoms with Crippen LogP contribution in [-0.2, 0) is 11.2 Å². The summed E-state index contributed by atoms with van der Waals surface area (Å²) in [6.07, 6.45) is 0.332. The lowest BCUT2D eigenvalue weighted by Crippen LogP contribution is -2.52. The molecule has 6 nitrogen and oxygen atoms in total. The van der Waals surface area contributed by atoms with Gasteiger partial charge in [0.1, 0.15) is 0 Å². The molecule has 0 atom stereocenters. The molecule has 1 amide bonds. The topological polar surface area (TPSA) is 54.0 Å². The highest BCUT2D eigenvalue weighted by Crippen LogP contribution is 2.30. The number of carbonyl (C=O) groups is 1. The van der Waals surface area contributed by atoms with Crippen molar-refractivity contribution in [1.82, 2.24) is 15.3 Å². The molecule has 0 spiro atoms. The van der Waals surface area contributed by atoms with Crippen LogP contribution in [0.3, 0.4) is 0 Å². The van der Waals surface area contributed by atoms with Gasteiger partial charge in [-0.3, -0.25) is 10.2 Å². The minimum atomic E-state index is -0.000118. The summed E-state index contributed by atoms with van der Waals surface area (Å²) in [7, 11) is 5.30. The van der Waals surface area contributed by atoms with Crippen molar-refractivity contribution in [3.63, 3.8) is 0 Å². The number of benzene rings is 1. The van der Waals surface area contributed by atoms with Crippen molar-refractivity contribution in [3.8, 4) is 11.5 Å². The van der Waals surface area contributed by atoms with Gasteiger partial charge in [0.2, 0.25) is 5.91 Å². The van der Waals surface area contributed by atoms with Gasteiger partial charge < -0.3 is 14.4 Å². The number of carbonyl (C=O) groups excluding carboxylic acids is 1. The molecule has 22 heavy (non-hydrogen) atoms. The zero-order valence-electron chi connectivity index (χ0n) is 13.8. The third-order valence-corrected chi connectivity index (χ3v) is 3.98. The predicted octanol–water partition coefficient (Wildman–Crippen LogP) is 0.833. The molecule has 0 bridgehead atoms. The average molecular weight is 307 g/mol. The largest absolute Gasteiger partial charge is 0.493 e. The van der Waals surface area contributed by atoms with Crippen LogP contribution < -0.4 is 14.9 Å². The monoisotopic (exact) mass is 307 g/mol. The standard InChI is InChI=1S/C16H25N3O3/c1-12-9-14(21-3)15(22-4)10-13(12)11-16(20)17-19-7-5-18(2)6-8-19/h9-10H,5-8,11H2,1-4H3,(H,17,20). The molecule has 1 fully saturated rings. The van der Waals surface area contributed by atoms with Crippen LogP contribution in [0.5, 0.6) is 11.5 Å². The molecule has 122 valence electrons. The van der Waals surface area contributed by atoms with Crippen LogP contribution in [0.15, 0.2) is 12.1 Å². The highest BCUT2D eigenvalue weighted by atomic mass is 16.5. The van der Waals surface area contributed by atoms with Crippen molar-refractivity contribution in [2.75, 3.05) is 47.4 Å². The number of hydrogen-bond donors (Lipinski definition) is 1. The molecule has 1 N–H and O–H groups in total. The molecule has 1 aliphatic heterocycles. The Balaban J connectivity index is 1.99. The Bertz CT molecular complexity index is 526. The van der Waals surface area contributed by atoms with Crippen LogP contribution in [0.25, 0.3) is 0 Å². The smallest absolute Gasteiger partial charge is 0.238 e.